The van der Waals surface area contributed by atoms with Crippen LogP contribution in [0.15, 0.2) is 4.60 Å². The van der Waals surface area contributed by atoms with Crippen molar-refractivity contribution in [3.05, 3.63) is 10.3 Å². The lowest BCUT2D eigenvalue weighted by molar-refractivity contribution is 0.0605. The van der Waals surface area contributed by atoms with Gasteiger partial charge in [0.1, 0.15) is 0 Å². The van der Waals surface area contributed by atoms with E-state index in [2.05, 4.69) is 38.5 Å². The van der Waals surface area contributed by atoms with Crippen LogP contribution in [0, 0.1) is 5.92 Å². The fraction of sp³-hybridized carbons (Fsp3) is 0.800. The molecule has 1 saturated heterocycles. The van der Waals surface area contributed by atoms with Crippen molar-refractivity contribution in [1.82, 2.24) is 20.3 Å². The van der Waals surface area contributed by atoms with Gasteiger partial charge < -0.3 is 10.1 Å². The van der Waals surface area contributed by atoms with E-state index in [0.717, 1.165) is 23.3 Å². The first kappa shape index (κ1) is 12.0. The summed E-state index contributed by atoms with van der Waals surface area (Å²) in [6, 6.07) is 0.131. The minimum Gasteiger partial charge on any atom is -0.376 e. The zero-order valence-electron chi connectivity index (χ0n) is 9.77. The van der Waals surface area contributed by atoms with Crippen molar-refractivity contribution in [2.45, 2.75) is 25.5 Å². The topological polar surface area (TPSA) is 52.0 Å². The lowest BCUT2D eigenvalue weighted by Crippen LogP contribution is -2.34. The van der Waals surface area contributed by atoms with E-state index in [0.29, 0.717) is 5.92 Å². The number of hydrogen-bond donors (Lipinski definition) is 1. The molecule has 1 aromatic heterocycles. The van der Waals surface area contributed by atoms with Crippen LogP contribution in [0.2, 0.25) is 0 Å². The van der Waals surface area contributed by atoms with Crippen molar-refractivity contribution < 1.29 is 4.74 Å². The molecular weight excluding hydrogens is 272 g/mol. The van der Waals surface area contributed by atoms with Crippen LogP contribution in [0.4, 0.5) is 0 Å². The van der Waals surface area contributed by atoms with Gasteiger partial charge in [-0.25, -0.2) is 4.68 Å². The summed E-state index contributed by atoms with van der Waals surface area (Å²) >= 11 is 3.44. The van der Waals surface area contributed by atoms with Gasteiger partial charge in [0.2, 0.25) is 0 Å². The minimum absolute atomic E-state index is 0.131. The smallest absolute Gasteiger partial charge is 0.153 e. The molecule has 2 rings (SSSR count). The first-order chi connectivity index (χ1) is 7.65. The highest BCUT2D eigenvalue weighted by Gasteiger charge is 2.35. The molecule has 0 radical (unpaired) electrons. The van der Waals surface area contributed by atoms with Gasteiger partial charge in [-0.2, -0.15) is 0 Å². The highest BCUT2D eigenvalue weighted by molar-refractivity contribution is 9.10. The van der Waals surface area contributed by atoms with Gasteiger partial charge in [0.15, 0.2) is 4.60 Å². The van der Waals surface area contributed by atoms with E-state index >= 15 is 0 Å². The number of nitrogens with one attached hydrogen (secondary N) is 1. The van der Waals surface area contributed by atoms with Gasteiger partial charge in [-0.05, 0) is 35.3 Å². The molecule has 0 amide bonds. The van der Waals surface area contributed by atoms with Crippen molar-refractivity contribution in [2.24, 2.45) is 13.0 Å². The maximum atomic E-state index is 5.80. The largest absolute Gasteiger partial charge is 0.376 e. The maximum absolute atomic E-state index is 5.80. The number of aromatic nitrogens is 3. The highest BCUT2D eigenvalue weighted by Crippen LogP contribution is 2.33. The number of nitrogens with zero attached hydrogens (tertiary/aromatic N) is 3. The molecule has 3 unspecified atom stereocenters. The molecule has 1 N–H and O–H groups in total. The quantitative estimate of drug-likeness (QED) is 0.910. The molecule has 2 heterocycles. The average Bonchev–Trinajstić information content (AvgIpc) is 2.80. The van der Waals surface area contributed by atoms with Gasteiger partial charge in [-0.1, -0.05) is 12.1 Å². The molecule has 90 valence electrons. The van der Waals surface area contributed by atoms with E-state index in [1.54, 1.807) is 4.68 Å². The third-order valence-electron chi connectivity index (χ3n) is 3.21. The van der Waals surface area contributed by atoms with E-state index in [-0.39, 0.29) is 12.1 Å². The van der Waals surface area contributed by atoms with Crippen LogP contribution in [-0.4, -0.2) is 34.8 Å². The summed E-state index contributed by atoms with van der Waals surface area (Å²) in [7, 11) is 3.84. The normalized spacial score (nSPS) is 27.2. The summed E-state index contributed by atoms with van der Waals surface area (Å²) in [4.78, 5) is 0. The Morgan fingerprint density at radius 3 is 2.81 bits per heavy atom. The standard InChI is InChI=1S/C10H17BrN4O/c1-6-4-5-16-9(6)7(12-2)8-10(11)13-14-15(8)3/h6-7,9,12H,4-5H2,1-3H3. The Balaban J connectivity index is 2.28. The molecule has 0 aliphatic carbocycles. The third kappa shape index (κ3) is 2.01. The maximum Gasteiger partial charge on any atom is 0.153 e. The van der Waals surface area contributed by atoms with Gasteiger partial charge in [-0.15, -0.1) is 5.10 Å². The van der Waals surface area contributed by atoms with Crippen molar-refractivity contribution in [1.29, 1.82) is 0 Å². The number of ether oxygens (including phenoxy) is 1. The molecule has 1 fully saturated rings. The summed E-state index contributed by atoms with van der Waals surface area (Å²) in [6.07, 6.45) is 1.31. The van der Waals surface area contributed by atoms with Crippen LogP contribution < -0.4 is 5.32 Å². The molecule has 1 aliphatic heterocycles. The zero-order valence-corrected chi connectivity index (χ0v) is 11.4. The first-order valence-electron chi connectivity index (χ1n) is 5.49. The molecule has 6 heteroatoms. The summed E-state index contributed by atoms with van der Waals surface area (Å²) in [5, 5.41) is 11.3. The molecule has 0 bridgehead atoms. The van der Waals surface area contributed by atoms with Crippen LogP contribution in [-0.2, 0) is 11.8 Å². The molecule has 3 atom stereocenters. The van der Waals surface area contributed by atoms with E-state index in [1.165, 1.54) is 0 Å². The predicted octanol–water partition coefficient (Wildman–Crippen LogP) is 1.26. The van der Waals surface area contributed by atoms with Gasteiger partial charge in [-0.3, -0.25) is 0 Å². The van der Waals surface area contributed by atoms with Crippen molar-refractivity contribution in [3.63, 3.8) is 0 Å². The lowest BCUT2D eigenvalue weighted by Gasteiger charge is -2.25. The summed E-state index contributed by atoms with van der Waals surface area (Å²) in [5.41, 5.74) is 1.04. The summed E-state index contributed by atoms with van der Waals surface area (Å²) in [5.74, 6) is 0.555. The molecule has 5 nitrogen and oxygen atoms in total. The molecule has 1 aliphatic rings. The van der Waals surface area contributed by atoms with E-state index in [1.807, 2.05) is 14.1 Å². The number of likely N-dealkylation sites (N-methyl/N-ethyl adjacent to an activating group) is 1. The number of aryl methyl sites for hydroxylation is 1. The average molecular weight is 289 g/mol. The summed E-state index contributed by atoms with van der Waals surface area (Å²) in [6.45, 7) is 3.06. The summed E-state index contributed by atoms with van der Waals surface area (Å²) < 4.78 is 8.38. The number of hydrogen-bond acceptors (Lipinski definition) is 4. The van der Waals surface area contributed by atoms with Gasteiger partial charge in [0, 0.05) is 13.7 Å². The Morgan fingerprint density at radius 1 is 1.62 bits per heavy atom. The Kier molecular flexibility index (Phi) is 3.61. The molecule has 16 heavy (non-hydrogen) atoms. The second kappa shape index (κ2) is 4.81. The molecule has 1 aromatic rings. The molecule has 0 aromatic carbocycles. The first-order valence-corrected chi connectivity index (χ1v) is 6.28. The zero-order chi connectivity index (χ0) is 11.7. The SMILES string of the molecule is CNC(c1c(Br)nnn1C)C1OCCC1C. The third-order valence-corrected chi connectivity index (χ3v) is 3.77. The van der Waals surface area contributed by atoms with Crippen LogP contribution >= 0.6 is 15.9 Å². The van der Waals surface area contributed by atoms with Crippen LogP contribution in [0.3, 0.4) is 0 Å². The van der Waals surface area contributed by atoms with Gasteiger partial charge >= 0.3 is 0 Å². The van der Waals surface area contributed by atoms with Gasteiger partial charge in [0.25, 0.3) is 0 Å². The molecular formula is C10H17BrN4O. The second-order valence-electron chi connectivity index (χ2n) is 4.26. The molecule has 0 spiro atoms. The van der Waals surface area contributed by atoms with Crippen LogP contribution in [0.25, 0.3) is 0 Å². The number of halogens is 1. The van der Waals surface area contributed by atoms with Crippen LogP contribution in [0.1, 0.15) is 25.1 Å². The van der Waals surface area contributed by atoms with Crippen molar-refractivity contribution >= 4 is 15.9 Å². The van der Waals surface area contributed by atoms with E-state index < -0.39 is 0 Å². The van der Waals surface area contributed by atoms with Gasteiger partial charge in [0.05, 0.1) is 17.8 Å². The Labute approximate surface area is 104 Å². The van der Waals surface area contributed by atoms with E-state index in [4.69, 9.17) is 4.74 Å². The highest BCUT2D eigenvalue weighted by atomic mass is 79.9. The second-order valence-corrected chi connectivity index (χ2v) is 5.01. The van der Waals surface area contributed by atoms with Crippen molar-refractivity contribution in [3.8, 4) is 0 Å². The van der Waals surface area contributed by atoms with Crippen LogP contribution in [0.5, 0.6) is 0 Å². The van der Waals surface area contributed by atoms with E-state index in [9.17, 15) is 0 Å². The fourth-order valence-corrected chi connectivity index (χ4v) is 2.84. The monoisotopic (exact) mass is 288 g/mol. The van der Waals surface area contributed by atoms with Crippen molar-refractivity contribution in [2.75, 3.05) is 13.7 Å². The molecule has 0 saturated carbocycles. The number of rotatable bonds is 3. The Bertz CT molecular complexity index is 348. The lowest BCUT2D eigenvalue weighted by atomic mass is 9.96. The Hall–Kier alpha value is -0.460. The predicted molar refractivity (Wildman–Crippen MR) is 64.0 cm³/mol. The fourth-order valence-electron chi connectivity index (χ4n) is 2.27. The minimum atomic E-state index is 0.131. The Morgan fingerprint density at radius 2 is 2.38 bits per heavy atom.